The summed E-state index contributed by atoms with van der Waals surface area (Å²) in [6, 6.07) is 13.5. The van der Waals surface area contributed by atoms with Gasteiger partial charge in [-0.2, -0.15) is 10.5 Å². The number of allylic oxidation sites excluding steroid dienone is 1. The summed E-state index contributed by atoms with van der Waals surface area (Å²) >= 11 is 0. The topological polar surface area (TPSA) is 50.8 Å². The fourth-order valence-corrected chi connectivity index (χ4v) is 1.22. The van der Waals surface area contributed by atoms with Crippen molar-refractivity contribution >= 4 is 0 Å². The average molecular weight is 197 g/mol. The summed E-state index contributed by atoms with van der Waals surface area (Å²) < 4.78 is 0. The van der Waals surface area contributed by atoms with Gasteiger partial charge in [-0.1, -0.05) is 30.3 Å². The molecule has 74 valence electrons. The van der Waals surface area contributed by atoms with Crippen LogP contribution in [0.4, 0.5) is 0 Å². The number of rotatable bonds is 3. The van der Waals surface area contributed by atoms with Gasteiger partial charge >= 0.3 is 0 Å². The second-order valence-electron chi connectivity index (χ2n) is 3.17. The second-order valence-corrected chi connectivity index (χ2v) is 3.17. The number of nitriles is 2. The first kappa shape index (κ1) is 10.8. The molecule has 0 N–H and O–H groups in total. The van der Waals surface area contributed by atoms with Crippen LogP contribution < -0.4 is 0 Å². The summed E-state index contributed by atoms with van der Waals surface area (Å²) in [5.41, 5.74) is 1.26. The van der Waals surface area contributed by atoms with Gasteiger partial charge in [0.15, 0.2) is 0 Å². The molecule has 0 spiro atoms. The Hall–Kier alpha value is -2.26. The predicted octanol–water partition coefficient (Wildman–Crippen LogP) is 2.05. The highest BCUT2D eigenvalue weighted by atomic mass is 15.1. The second kappa shape index (κ2) is 5.47. The lowest BCUT2D eigenvalue weighted by Gasteiger charge is -2.13. The van der Waals surface area contributed by atoms with Gasteiger partial charge in [0.1, 0.15) is 17.7 Å². The van der Waals surface area contributed by atoms with Gasteiger partial charge in [0.05, 0.1) is 0 Å². The van der Waals surface area contributed by atoms with E-state index in [0.717, 1.165) is 5.56 Å². The number of benzene rings is 1. The van der Waals surface area contributed by atoms with Gasteiger partial charge < -0.3 is 4.90 Å². The third-order valence-corrected chi connectivity index (χ3v) is 1.87. The van der Waals surface area contributed by atoms with Crippen LogP contribution >= 0.6 is 0 Å². The minimum atomic E-state index is 0.119. The van der Waals surface area contributed by atoms with Gasteiger partial charge in [-0.15, -0.1) is 0 Å². The number of hydrogen-bond donors (Lipinski definition) is 0. The van der Waals surface area contributed by atoms with Crippen molar-refractivity contribution in [3.05, 3.63) is 47.7 Å². The molecule has 0 aliphatic rings. The summed E-state index contributed by atoms with van der Waals surface area (Å²) in [6.07, 6.45) is 1.55. The van der Waals surface area contributed by atoms with Gasteiger partial charge in [-0.05, 0) is 5.56 Å². The summed E-state index contributed by atoms with van der Waals surface area (Å²) in [5, 5.41) is 17.1. The Bertz CT molecular complexity index is 404. The molecule has 0 saturated heterocycles. The molecule has 0 bridgehead atoms. The predicted molar refractivity (Wildman–Crippen MR) is 57.2 cm³/mol. The SMILES string of the molecule is CN(C=C(C#N)C#N)Cc1ccccc1. The first-order valence-electron chi connectivity index (χ1n) is 4.52. The van der Waals surface area contributed by atoms with Crippen LogP contribution in [0.3, 0.4) is 0 Å². The van der Waals surface area contributed by atoms with Crippen LogP contribution in [0.2, 0.25) is 0 Å². The van der Waals surface area contributed by atoms with Crippen LogP contribution in [0.15, 0.2) is 42.1 Å². The van der Waals surface area contributed by atoms with Gasteiger partial charge in [0.2, 0.25) is 0 Å². The molecule has 0 radical (unpaired) electrons. The van der Waals surface area contributed by atoms with E-state index >= 15 is 0 Å². The number of hydrogen-bond acceptors (Lipinski definition) is 3. The van der Waals surface area contributed by atoms with Crippen molar-refractivity contribution in [3.8, 4) is 12.1 Å². The zero-order chi connectivity index (χ0) is 11.1. The van der Waals surface area contributed by atoms with E-state index < -0.39 is 0 Å². The standard InChI is InChI=1S/C12H11N3/c1-15(10-12(7-13)8-14)9-11-5-3-2-4-6-11/h2-6,10H,9H2,1H3. The highest BCUT2D eigenvalue weighted by Crippen LogP contribution is 2.04. The van der Waals surface area contributed by atoms with E-state index in [-0.39, 0.29) is 5.57 Å². The van der Waals surface area contributed by atoms with E-state index in [4.69, 9.17) is 10.5 Å². The monoisotopic (exact) mass is 197 g/mol. The van der Waals surface area contributed by atoms with Crippen molar-refractivity contribution in [2.24, 2.45) is 0 Å². The summed E-state index contributed by atoms with van der Waals surface area (Å²) in [7, 11) is 1.84. The Morgan fingerprint density at radius 1 is 1.27 bits per heavy atom. The first-order chi connectivity index (χ1) is 7.26. The minimum absolute atomic E-state index is 0.119. The van der Waals surface area contributed by atoms with Gasteiger partial charge in [0, 0.05) is 19.8 Å². The van der Waals surface area contributed by atoms with Crippen LogP contribution in [-0.2, 0) is 6.54 Å². The van der Waals surface area contributed by atoms with Crippen LogP contribution in [0.1, 0.15) is 5.56 Å². The highest BCUT2D eigenvalue weighted by Gasteiger charge is 1.97. The third-order valence-electron chi connectivity index (χ3n) is 1.87. The number of nitrogens with zero attached hydrogens (tertiary/aromatic N) is 3. The summed E-state index contributed by atoms with van der Waals surface area (Å²) in [5.74, 6) is 0. The molecular weight excluding hydrogens is 186 g/mol. The lowest BCUT2D eigenvalue weighted by atomic mass is 10.2. The lowest BCUT2D eigenvalue weighted by molar-refractivity contribution is 0.449. The van der Waals surface area contributed by atoms with E-state index in [1.54, 1.807) is 6.20 Å². The molecule has 1 aromatic rings. The fourth-order valence-electron chi connectivity index (χ4n) is 1.22. The van der Waals surface area contributed by atoms with Crippen LogP contribution in [0.5, 0.6) is 0 Å². The molecule has 3 heteroatoms. The maximum Gasteiger partial charge on any atom is 0.145 e. The molecule has 0 aliphatic heterocycles. The van der Waals surface area contributed by atoms with E-state index in [0.29, 0.717) is 6.54 Å². The Labute approximate surface area is 89.5 Å². The van der Waals surface area contributed by atoms with E-state index in [1.165, 1.54) is 0 Å². The van der Waals surface area contributed by atoms with Gasteiger partial charge in [-0.25, -0.2) is 0 Å². The molecule has 1 rings (SSSR count). The molecule has 0 atom stereocenters. The van der Waals surface area contributed by atoms with Crippen LogP contribution in [0, 0.1) is 22.7 Å². The van der Waals surface area contributed by atoms with Crippen LogP contribution in [0.25, 0.3) is 0 Å². The summed E-state index contributed by atoms with van der Waals surface area (Å²) in [4.78, 5) is 1.82. The normalized spacial score (nSPS) is 8.47. The van der Waals surface area contributed by atoms with Crippen molar-refractivity contribution in [2.45, 2.75) is 6.54 Å². The molecular formula is C12H11N3. The highest BCUT2D eigenvalue weighted by molar-refractivity contribution is 5.34. The third kappa shape index (κ3) is 3.54. The lowest BCUT2D eigenvalue weighted by Crippen LogP contribution is -2.10. The van der Waals surface area contributed by atoms with E-state index in [9.17, 15) is 0 Å². The molecule has 3 nitrogen and oxygen atoms in total. The Morgan fingerprint density at radius 3 is 2.40 bits per heavy atom. The average Bonchev–Trinajstić information content (AvgIpc) is 2.27. The van der Waals surface area contributed by atoms with Crippen LogP contribution in [-0.4, -0.2) is 11.9 Å². The molecule has 0 amide bonds. The maximum absolute atomic E-state index is 8.57. The van der Waals surface area contributed by atoms with Crippen molar-refractivity contribution < 1.29 is 0 Å². The molecule has 0 saturated carbocycles. The van der Waals surface area contributed by atoms with Crippen molar-refractivity contribution in [3.63, 3.8) is 0 Å². The quantitative estimate of drug-likeness (QED) is 0.697. The molecule has 0 heterocycles. The van der Waals surface area contributed by atoms with Crippen molar-refractivity contribution in [1.82, 2.24) is 4.90 Å². The minimum Gasteiger partial charge on any atom is -0.374 e. The fraction of sp³-hybridized carbons (Fsp3) is 0.167. The van der Waals surface area contributed by atoms with Crippen molar-refractivity contribution in [1.29, 1.82) is 10.5 Å². The molecule has 15 heavy (non-hydrogen) atoms. The van der Waals surface area contributed by atoms with Crippen molar-refractivity contribution in [2.75, 3.05) is 7.05 Å². The molecule has 1 aromatic carbocycles. The van der Waals surface area contributed by atoms with Gasteiger partial charge in [0.25, 0.3) is 0 Å². The zero-order valence-corrected chi connectivity index (χ0v) is 8.51. The van der Waals surface area contributed by atoms with Gasteiger partial charge in [-0.3, -0.25) is 0 Å². The maximum atomic E-state index is 8.57. The first-order valence-corrected chi connectivity index (χ1v) is 4.52. The molecule has 0 unspecified atom stereocenters. The Morgan fingerprint density at radius 2 is 1.87 bits per heavy atom. The Balaban J connectivity index is 2.66. The molecule has 0 fully saturated rings. The van der Waals surface area contributed by atoms with E-state index in [1.807, 2.05) is 54.4 Å². The zero-order valence-electron chi connectivity index (χ0n) is 8.51. The summed E-state index contributed by atoms with van der Waals surface area (Å²) in [6.45, 7) is 0.688. The Kier molecular flexibility index (Phi) is 3.94. The largest absolute Gasteiger partial charge is 0.374 e. The molecule has 0 aliphatic carbocycles. The molecule has 0 aromatic heterocycles. The smallest absolute Gasteiger partial charge is 0.145 e. The van der Waals surface area contributed by atoms with E-state index in [2.05, 4.69) is 0 Å².